The summed E-state index contributed by atoms with van der Waals surface area (Å²) in [6.45, 7) is 11.0. The molecule has 0 radical (unpaired) electrons. The molecule has 1 unspecified atom stereocenters. The Balaban J connectivity index is 2.01. The summed E-state index contributed by atoms with van der Waals surface area (Å²) in [5.41, 5.74) is 7.67. The molecule has 0 amide bonds. The van der Waals surface area contributed by atoms with E-state index in [-0.39, 0.29) is 0 Å². The largest absolute Gasteiger partial charge is 0.397 e. The molecular formula is C14H24N4. The lowest BCUT2D eigenvalue weighted by molar-refractivity contribution is 0.192. The van der Waals surface area contributed by atoms with Gasteiger partial charge in [-0.25, -0.2) is 4.98 Å². The molecule has 2 rings (SSSR count). The summed E-state index contributed by atoms with van der Waals surface area (Å²) in [6, 6.07) is 2.69. The molecule has 100 valence electrons. The first-order valence-electron chi connectivity index (χ1n) is 6.83. The van der Waals surface area contributed by atoms with Crippen LogP contribution in [-0.2, 0) is 0 Å². The molecule has 0 spiro atoms. The van der Waals surface area contributed by atoms with E-state index in [2.05, 4.69) is 35.6 Å². The third kappa shape index (κ3) is 2.75. The summed E-state index contributed by atoms with van der Waals surface area (Å²) < 4.78 is 0. The fraction of sp³-hybridized carbons (Fsp3) is 0.643. The number of anilines is 2. The van der Waals surface area contributed by atoms with Gasteiger partial charge in [-0.05, 0) is 31.9 Å². The van der Waals surface area contributed by atoms with Crippen molar-refractivity contribution < 1.29 is 0 Å². The molecule has 0 aliphatic carbocycles. The summed E-state index contributed by atoms with van der Waals surface area (Å²) >= 11 is 0. The quantitative estimate of drug-likeness (QED) is 0.887. The van der Waals surface area contributed by atoms with Gasteiger partial charge in [0.2, 0.25) is 0 Å². The second-order valence-corrected chi connectivity index (χ2v) is 5.19. The number of nitrogen functional groups attached to an aromatic ring is 1. The van der Waals surface area contributed by atoms with Gasteiger partial charge in [0.1, 0.15) is 5.82 Å². The fourth-order valence-corrected chi connectivity index (χ4v) is 2.55. The second kappa shape index (κ2) is 5.57. The number of hydrogen-bond donors (Lipinski definition) is 1. The van der Waals surface area contributed by atoms with Crippen LogP contribution >= 0.6 is 0 Å². The smallest absolute Gasteiger partial charge is 0.131 e. The monoisotopic (exact) mass is 248 g/mol. The van der Waals surface area contributed by atoms with Gasteiger partial charge in [0.05, 0.1) is 11.9 Å². The molecule has 1 aliphatic heterocycles. The normalized spacial score (nSPS) is 18.9. The van der Waals surface area contributed by atoms with Crippen LogP contribution in [0.4, 0.5) is 11.5 Å². The van der Waals surface area contributed by atoms with Gasteiger partial charge in [0, 0.05) is 32.2 Å². The molecule has 1 aromatic rings. The molecule has 0 aromatic carbocycles. The van der Waals surface area contributed by atoms with Crippen LogP contribution in [0.25, 0.3) is 0 Å². The highest BCUT2D eigenvalue weighted by Crippen LogP contribution is 2.21. The Morgan fingerprint density at radius 1 is 1.33 bits per heavy atom. The van der Waals surface area contributed by atoms with Gasteiger partial charge in [0.15, 0.2) is 0 Å². The maximum Gasteiger partial charge on any atom is 0.131 e. The molecule has 4 heteroatoms. The van der Waals surface area contributed by atoms with E-state index >= 15 is 0 Å². The molecule has 2 heterocycles. The number of rotatable bonds is 3. The molecule has 0 saturated carbocycles. The first kappa shape index (κ1) is 13.1. The van der Waals surface area contributed by atoms with Crippen LogP contribution < -0.4 is 10.6 Å². The Morgan fingerprint density at radius 2 is 2.00 bits per heavy atom. The van der Waals surface area contributed by atoms with Crippen LogP contribution in [0.1, 0.15) is 25.8 Å². The molecule has 4 nitrogen and oxygen atoms in total. The molecular weight excluding hydrogens is 224 g/mol. The Kier molecular flexibility index (Phi) is 4.07. The lowest BCUT2D eigenvalue weighted by Crippen LogP contribution is -2.49. The standard InChI is InChI=1S/C14H24N4/c1-4-12(3)17-5-7-18(8-6-17)14-11(2)9-13(15)10-16-14/h9-10,12H,4-8,15H2,1-3H3. The zero-order chi connectivity index (χ0) is 13.1. The van der Waals surface area contributed by atoms with Crippen LogP contribution in [-0.4, -0.2) is 42.1 Å². The summed E-state index contributed by atoms with van der Waals surface area (Å²) in [5, 5.41) is 0. The second-order valence-electron chi connectivity index (χ2n) is 5.19. The molecule has 0 bridgehead atoms. The van der Waals surface area contributed by atoms with E-state index < -0.39 is 0 Å². The van der Waals surface area contributed by atoms with E-state index in [4.69, 9.17) is 5.73 Å². The Labute approximate surface area is 110 Å². The van der Waals surface area contributed by atoms with Crippen molar-refractivity contribution in [2.75, 3.05) is 36.8 Å². The van der Waals surface area contributed by atoms with Crippen molar-refractivity contribution in [3.63, 3.8) is 0 Å². The maximum atomic E-state index is 5.75. The van der Waals surface area contributed by atoms with Crippen molar-refractivity contribution >= 4 is 11.5 Å². The molecule has 18 heavy (non-hydrogen) atoms. The van der Waals surface area contributed by atoms with Crippen LogP contribution in [0.2, 0.25) is 0 Å². The number of pyridine rings is 1. The maximum absolute atomic E-state index is 5.75. The minimum atomic E-state index is 0.688. The molecule has 1 fully saturated rings. The first-order chi connectivity index (χ1) is 8.61. The van der Waals surface area contributed by atoms with Crippen molar-refractivity contribution in [2.24, 2.45) is 0 Å². The Morgan fingerprint density at radius 3 is 2.56 bits per heavy atom. The summed E-state index contributed by atoms with van der Waals surface area (Å²) in [4.78, 5) is 9.40. The number of piperazine rings is 1. The number of nitrogens with two attached hydrogens (primary N) is 1. The molecule has 2 N–H and O–H groups in total. The van der Waals surface area contributed by atoms with E-state index in [1.807, 2.05) is 6.07 Å². The van der Waals surface area contributed by atoms with Crippen molar-refractivity contribution in [1.29, 1.82) is 0 Å². The van der Waals surface area contributed by atoms with Gasteiger partial charge in [-0.15, -0.1) is 0 Å². The first-order valence-corrected chi connectivity index (χ1v) is 6.83. The Bertz CT molecular complexity index is 397. The molecule has 1 atom stereocenters. The van der Waals surface area contributed by atoms with Gasteiger partial charge in [0.25, 0.3) is 0 Å². The molecule has 1 saturated heterocycles. The number of aromatic nitrogens is 1. The van der Waals surface area contributed by atoms with Gasteiger partial charge >= 0.3 is 0 Å². The van der Waals surface area contributed by atoms with E-state index in [9.17, 15) is 0 Å². The minimum absolute atomic E-state index is 0.688. The van der Waals surface area contributed by atoms with E-state index in [0.717, 1.165) is 37.7 Å². The van der Waals surface area contributed by atoms with Crippen molar-refractivity contribution in [2.45, 2.75) is 33.2 Å². The lowest BCUT2D eigenvalue weighted by atomic mass is 10.1. The predicted molar refractivity (Wildman–Crippen MR) is 76.9 cm³/mol. The SMILES string of the molecule is CCC(C)N1CCN(c2ncc(N)cc2C)CC1. The van der Waals surface area contributed by atoms with Gasteiger partial charge in [-0.2, -0.15) is 0 Å². The highest BCUT2D eigenvalue weighted by Gasteiger charge is 2.21. The molecule has 1 aromatic heterocycles. The van der Waals surface area contributed by atoms with Crippen LogP contribution in [0, 0.1) is 6.92 Å². The van der Waals surface area contributed by atoms with E-state index in [0.29, 0.717) is 6.04 Å². The minimum Gasteiger partial charge on any atom is -0.397 e. The zero-order valence-corrected chi connectivity index (χ0v) is 11.7. The van der Waals surface area contributed by atoms with Crippen LogP contribution in [0.15, 0.2) is 12.3 Å². The predicted octanol–water partition coefficient (Wildman–Crippen LogP) is 1.89. The molecule has 1 aliphatic rings. The van der Waals surface area contributed by atoms with E-state index in [1.54, 1.807) is 6.20 Å². The summed E-state index contributed by atoms with van der Waals surface area (Å²) in [5.74, 6) is 1.09. The van der Waals surface area contributed by atoms with Crippen molar-refractivity contribution in [3.8, 4) is 0 Å². The third-order valence-electron chi connectivity index (χ3n) is 3.90. The summed E-state index contributed by atoms with van der Waals surface area (Å²) in [6.07, 6.45) is 2.97. The third-order valence-corrected chi connectivity index (χ3v) is 3.90. The number of aryl methyl sites for hydroxylation is 1. The fourth-order valence-electron chi connectivity index (χ4n) is 2.55. The average Bonchev–Trinajstić information content (AvgIpc) is 2.38. The zero-order valence-electron chi connectivity index (χ0n) is 11.7. The van der Waals surface area contributed by atoms with Crippen molar-refractivity contribution in [3.05, 3.63) is 17.8 Å². The Hall–Kier alpha value is -1.29. The highest BCUT2D eigenvalue weighted by atomic mass is 15.3. The number of hydrogen-bond acceptors (Lipinski definition) is 4. The average molecular weight is 248 g/mol. The van der Waals surface area contributed by atoms with E-state index in [1.165, 1.54) is 12.0 Å². The van der Waals surface area contributed by atoms with Crippen LogP contribution in [0.3, 0.4) is 0 Å². The highest BCUT2D eigenvalue weighted by molar-refractivity contribution is 5.52. The van der Waals surface area contributed by atoms with Gasteiger partial charge in [-0.1, -0.05) is 6.92 Å². The van der Waals surface area contributed by atoms with Gasteiger partial charge < -0.3 is 10.6 Å². The summed E-state index contributed by atoms with van der Waals surface area (Å²) in [7, 11) is 0. The lowest BCUT2D eigenvalue weighted by Gasteiger charge is -2.38. The van der Waals surface area contributed by atoms with Crippen LogP contribution in [0.5, 0.6) is 0 Å². The van der Waals surface area contributed by atoms with Gasteiger partial charge in [-0.3, -0.25) is 4.90 Å². The number of nitrogens with zero attached hydrogens (tertiary/aromatic N) is 3. The topological polar surface area (TPSA) is 45.4 Å². The van der Waals surface area contributed by atoms with Crippen molar-refractivity contribution in [1.82, 2.24) is 9.88 Å².